The zero-order valence-electron chi connectivity index (χ0n) is 16.7. The van der Waals surface area contributed by atoms with Crippen molar-refractivity contribution in [2.45, 2.75) is 27.7 Å². The molecule has 4 aromatic heterocycles. The van der Waals surface area contributed by atoms with Crippen LogP contribution in [0.2, 0.25) is 0 Å². The summed E-state index contributed by atoms with van der Waals surface area (Å²) in [5.41, 5.74) is 0.998. The second-order valence-electron chi connectivity index (χ2n) is 3.65. The molecule has 0 aliphatic rings. The van der Waals surface area contributed by atoms with Gasteiger partial charge in [0.1, 0.15) is 5.65 Å². The Bertz CT molecular complexity index is 642. The molecule has 0 aromatic carbocycles. The quantitative estimate of drug-likeness (QED) is 0.316. The molecule has 0 fully saturated rings. The Kier molecular flexibility index (Phi) is 26.5. The molecule has 0 N–H and O–H groups in total. The first kappa shape index (κ1) is 33.1. The Morgan fingerprint density at radius 3 is 1.77 bits per heavy atom. The standard InChI is InChI=1S/C7H6N2.C6H5N3.2C2H6.2CH3.2Y/c1-2-5-9-6-4-8-7(9)3-1;1-2-7-6-8-3-5-9(6)4-1;2*1-2;;;;/h1-6H;1-5H;2*1-2H3;2*1H3;;/q;;;;2*-1;;. The molecule has 0 unspecified atom stereocenters. The van der Waals surface area contributed by atoms with Gasteiger partial charge in [-0.3, -0.25) is 4.40 Å². The van der Waals surface area contributed by atoms with Crippen molar-refractivity contribution in [3.05, 3.63) is 82.5 Å². The Morgan fingerprint density at radius 1 is 0.615 bits per heavy atom. The molecule has 0 bridgehead atoms. The second-order valence-corrected chi connectivity index (χ2v) is 3.65. The van der Waals surface area contributed by atoms with Crippen LogP contribution in [0.15, 0.2) is 67.6 Å². The summed E-state index contributed by atoms with van der Waals surface area (Å²) in [4.78, 5) is 12.0. The summed E-state index contributed by atoms with van der Waals surface area (Å²) in [7, 11) is 0. The van der Waals surface area contributed by atoms with Crippen molar-refractivity contribution in [2.75, 3.05) is 0 Å². The molecule has 7 heteroatoms. The first-order valence-electron chi connectivity index (χ1n) is 7.55. The van der Waals surface area contributed by atoms with Gasteiger partial charge >= 0.3 is 0 Å². The van der Waals surface area contributed by atoms with Crippen molar-refractivity contribution in [1.82, 2.24) is 23.8 Å². The molecule has 5 nitrogen and oxygen atoms in total. The summed E-state index contributed by atoms with van der Waals surface area (Å²) in [6, 6.07) is 7.80. The van der Waals surface area contributed by atoms with Gasteiger partial charge < -0.3 is 19.3 Å². The summed E-state index contributed by atoms with van der Waals surface area (Å²) >= 11 is 0. The Hall–Kier alpha value is -0.482. The van der Waals surface area contributed by atoms with E-state index in [9.17, 15) is 0 Å². The van der Waals surface area contributed by atoms with Gasteiger partial charge in [0.25, 0.3) is 0 Å². The van der Waals surface area contributed by atoms with Crippen molar-refractivity contribution in [3.63, 3.8) is 0 Å². The third-order valence-electron chi connectivity index (χ3n) is 2.47. The molecular weight excluding hydrogens is 476 g/mol. The van der Waals surface area contributed by atoms with Crippen LogP contribution in [0.1, 0.15) is 27.7 Å². The minimum Gasteiger partial charge on any atom is -0.358 e. The van der Waals surface area contributed by atoms with E-state index in [0.717, 1.165) is 11.4 Å². The molecule has 0 atom stereocenters. The summed E-state index contributed by atoms with van der Waals surface area (Å²) in [6.45, 7) is 8.00. The van der Waals surface area contributed by atoms with E-state index in [2.05, 4.69) is 15.0 Å². The van der Waals surface area contributed by atoms with Crippen LogP contribution >= 0.6 is 0 Å². The average Bonchev–Trinajstić information content (AvgIpc) is 3.28. The molecule has 0 aliphatic heterocycles. The molecule has 138 valence electrons. The van der Waals surface area contributed by atoms with E-state index in [-0.39, 0.29) is 80.3 Å². The van der Waals surface area contributed by atoms with Crippen molar-refractivity contribution in [2.24, 2.45) is 0 Å². The smallest absolute Gasteiger partial charge is 0.233 e. The number of rotatable bonds is 0. The number of hydrogen-bond donors (Lipinski definition) is 0. The maximum atomic E-state index is 4.08. The van der Waals surface area contributed by atoms with Crippen molar-refractivity contribution < 1.29 is 65.4 Å². The number of pyridine rings is 1. The molecule has 0 amide bonds. The molecule has 26 heavy (non-hydrogen) atoms. The van der Waals surface area contributed by atoms with Crippen molar-refractivity contribution >= 4 is 11.4 Å². The first-order chi connectivity index (χ1) is 10.9. The van der Waals surface area contributed by atoms with Crippen LogP contribution in [0, 0.1) is 14.9 Å². The zero-order chi connectivity index (χ0) is 16.2. The van der Waals surface area contributed by atoms with Crippen molar-refractivity contribution in [3.8, 4) is 0 Å². The zero-order valence-corrected chi connectivity index (χ0v) is 22.4. The first-order valence-corrected chi connectivity index (χ1v) is 7.55. The minimum absolute atomic E-state index is 0. The normalized spacial score (nSPS) is 7.54. The molecule has 0 saturated carbocycles. The Morgan fingerprint density at radius 2 is 1.15 bits per heavy atom. The van der Waals surface area contributed by atoms with Crippen LogP contribution < -0.4 is 0 Å². The van der Waals surface area contributed by atoms with E-state index in [1.807, 2.05) is 85.5 Å². The van der Waals surface area contributed by atoms with Gasteiger partial charge in [-0.25, -0.2) is 15.0 Å². The Labute approximate surface area is 208 Å². The number of nitrogens with zero attached hydrogens (tertiary/aromatic N) is 5. The van der Waals surface area contributed by atoms with Gasteiger partial charge in [0, 0.05) is 109 Å². The van der Waals surface area contributed by atoms with Gasteiger partial charge in [-0.05, 0) is 18.2 Å². The SMILES string of the molecule is CC.CC.[CH3-].[CH3-].[Y].[Y].c1ccn2ccnc2c1.c1cnc2nccn2c1. The van der Waals surface area contributed by atoms with Crippen LogP contribution in [-0.4, -0.2) is 23.8 Å². The fourth-order valence-electron chi connectivity index (χ4n) is 1.63. The third kappa shape index (κ3) is 10.6. The molecule has 4 heterocycles. The van der Waals surface area contributed by atoms with Crippen LogP contribution in [0.25, 0.3) is 11.4 Å². The summed E-state index contributed by atoms with van der Waals surface area (Å²) < 4.78 is 3.83. The number of hydrogen-bond acceptors (Lipinski definition) is 3. The summed E-state index contributed by atoms with van der Waals surface area (Å²) in [5, 5.41) is 0. The van der Waals surface area contributed by atoms with Gasteiger partial charge in [0.2, 0.25) is 5.78 Å². The average molecular weight is 505 g/mol. The third-order valence-corrected chi connectivity index (χ3v) is 2.47. The van der Waals surface area contributed by atoms with Crippen LogP contribution in [-0.2, 0) is 65.4 Å². The largest absolute Gasteiger partial charge is 0.358 e. The molecule has 4 aromatic rings. The number of fused-ring (bicyclic) bond motifs is 2. The van der Waals surface area contributed by atoms with Crippen molar-refractivity contribution in [1.29, 1.82) is 0 Å². The van der Waals surface area contributed by atoms with Gasteiger partial charge in [-0.15, -0.1) is 0 Å². The predicted octanol–water partition coefficient (Wildman–Crippen LogP) is 5.01. The topological polar surface area (TPSA) is 47.5 Å². The van der Waals surface area contributed by atoms with E-state index in [1.165, 1.54) is 0 Å². The number of imidazole rings is 2. The molecular formula is C19H29N5Y2-2. The van der Waals surface area contributed by atoms with Crippen LogP contribution in [0.5, 0.6) is 0 Å². The monoisotopic (exact) mass is 505 g/mol. The van der Waals surface area contributed by atoms with E-state index >= 15 is 0 Å². The summed E-state index contributed by atoms with van der Waals surface area (Å²) in [5.74, 6) is 0.748. The van der Waals surface area contributed by atoms with Gasteiger partial charge in [0.05, 0.1) is 0 Å². The molecule has 0 saturated heterocycles. The maximum absolute atomic E-state index is 4.08. The molecule has 0 aliphatic carbocycles. The number of aromatic nitrogens is 5. The van der Waals surface area contributed by atoms with Crippen LogP contribution in [0.3, 0.4) is 0 Å². The second kappa shape index (κ2) is 20.8. The minimum atomic E-state index is 0. The van der Waals surface area contributed by atoms with Crippen LogP contribution in [0.4, 0.5) is 0 Å². The predicted molar refractivity (Wildman–Crippen MR) is 104 cm³/mol. The fourth-order valence-corrected chi connectivity index (χ4v) is 1.63. The maximum Gasteiger partial charge on any atom is 0.233 e. The van der Waals surface area contributed by atoms with E-state index in [0.29, 0.717) is 0 Å². The molecule has 0 spiro atoms. The van der Waals surface area contributed by atoms with E-state index < -0.39 is 0 Å². The Balaban J connectivity index is -0.000000139. The summed E-state index contributed by atoms with van der Waals surface area (Å²) in [6.07, 6.45) is 12.9. The fraction of sp³-hybridized carbons (Fsp3) is 0.211. The van der Waals surface area contributed by atoms with Gasteiger partial charge in [-0.1, -0.05) is 33.8 Å². The molecule has 4 rings (SSSR count). The van der Waals surface area contributed by atoms with Gasteiger partial charge in [-0.2, -0.15) is 0 Å². The molecule has 2 radical (unpaired) electrons. The van der Waals surface area contributed by atoms with E-state index in [4.69, 9.17) is 0 Å². The van der Waals surface area contributed by atoms with E-state index in [1.54, 1.807) is 18.6 Å². The van der Waals surface area contributed by atoms with Gasteiger partial charge in [0.15, 0.2) is 0 Å².